The van der Waals surface area contributed by atoms with E-state index >= 15 is 0 Å². The molecule has 0 aliphatic heterocycles. The van der Waals surface area contributed by atoms with Gasteiger partial charge in [-0.2, -0.15) is 0 Å². The van der Waals surface area contributed by atoms with Gasteiger partial charge >= 0.3 is 0 Å². The molecule has 1 aromatic carbocycles. The van der Waals surface area contributed by atoms with E-state index in [0.717, 1.165) is 10.9 Å². The first kappa shape index (κ1) is 23.3. The van der Waals surface area contributed by atoms with E-state index in [2.05, 4.69) is 15.0 Å². The number of fused-ring (bicyclic) bond motifs is 1. The minimum absolute atomic E-state index is 0.212. The molecule has 0 fully saturated rings. The van der Waals surface area contributed by atoms with Crippen molar-refractivity contribution < 1.29 is 0 Å². The van der Waals surface area contributed by atoms with Gasteiger partial charge in [-0.05, 0) is 19.1 Å². The van der Waals surface area contributed by atoms with Crippen molar-refractivity contribution in [2.24, 2.45) is 16.6 Å². The number of hydrogen-bond donors (Lipinski definition) is 1. The zero-order valence-electron chi connectivity index (χ0n) is 16.3. The van der Waals surface area contributed by atoms with Gasteiger partial charge in [-0.15, -0.1) is 0 Å². The van der Waals surface area contributed by atoms with Crippen LogP contribution in [0.25, 0.3) is 10.9 Å². The average Bonchev–Trinajstić information content (AvgIpc) is 2.60. The first-order valence-corrected chi connectivity index (χ1v) is 8.65. The SMILES string of the molecule is CC.CC.CC.Cc1nc(N=C(N)C(C)C)c2ccccc2n1. The van der Waals surface area contributed by atoms with Gasteiger partial charge in [-0.1, -0.05) is 67.5 Å². The summed E-state index contributed by atoms with van der Waals surface area (Å²) < 4.78 is 0. The Balaban J connectivity index is 0. The molecule has 0 aliphatic carbocycles. The normalized spacial score (nSPS) is 9.91. The third-order valence-electron chi connectivity index (χ3n) is 2.52. The van der Waals surface area contributed by atoms with Crippen LogP contribution < -0.4 is 5.73 Å². The lowest BCUT2D eigenvalue weighted by atomic mass is 10.2. The molecule has 0 atom stereocenters. The van der Waals surface area contributed by atoms with Crippen LogP contribution in [0.4, 0.5) is 5.82 Å². The lowest BCUT2D eigenvalue weighted by molar-refractivity contribution is 0.871. The number of aliphatic imine (C=N–C) groups is 1. The van der Waals surface area contributed by atoms with Crippen molar-refractivity contribution in [1.82, 2.24) is 9.97 Å². The van der Waals surface area contributed by atoms with E-state index in [9.17, 15) is 0 Å². The van der Waals surface area contributed by atoms with E-state index < -0.39 is 0 Å². The molecular formula is C19H34N4. The Morgan fingerprint density at radius 1 is 0.957 bits per heavy atom. The topological polar surface area (TPSA) is 64.2 Å². The van der Waals surface area contributed by atoms with Gasteiger partial charge in [0.05, 0.1) is 5.52 Å². The fourth-order valence-electron chi connectivity index (χ4n) is 1.51. The van der Waals surface area contributed by atoms with E-state index in [1.165, 1.54) is 0 Å². The molecule has 2 rings (SSSR count). The highest BCUT2D eigenvalue weighted by atomic mass is 15.0. The standard InChI is InChI=1S/C13H16N4.3C2H6/c1-8(2)12(14)17-13-10-6-4-5-7-11(10)15-9(3)16-13;3*1-2/h4-8H,1-3H3,(H2,14,15,16,17);3*1-2H3. The molecule has 0 radical (unpaired) electrons. The molecule has 4 heteroatoms. The maximum absolute atomic E-state index is 5.88. The highest BCUT2D eigenvalue weighted by molar-refractivity contribution is 5.92. The molecule has 130 valence electrons. The van der Waals surface area contributed by atoms with E-state index in [1.807, 2.05) is 86.6 Å². The van der Waals surface area contributed by atoms with Gasteiger partial charge < -0.3 is 5.73 Å². The summed E-state index contributed by atoms with van der Waals surface area (Å²) >= 11 is 0. The van der Waals surface area contributed by atoms with Crippen LogP contribution in [0.1, 0.15) is 61.2 Å². The Hall–Kier alpha value is -1.97. The van der Waals surface area contributed by atoms with Gasteiger partial charge in [-0.25, -0.2) is 15.0 Å². The first-order valence-electron chi connectivity index (χ1n) is 8.65. The van der Waals surface area contributed by atoms with Crippen LogP contribution in [0.5, 0.6) is 0 Å². The Bertz CT molecular complexity index is 575. The van der Waals surface area contributed by atoms with Crippen molar-refractivity contribution in [2.75, 3.05) is 0 Å². The predicted molar refractivity (Wildman–Crippen MR) is 104 cm³/mol. The van der Waals surface area contributed by atoms with Gasteiger partial charge in [0.1, 0.15) is 11.7 Å². The van der Waals surface area contributed by atoms with Crippen LogP contribution in [-0.2, 0) is 0 Å². The zero-order chi connectivity index (χ0) is 18.4. The number of aryl methyl sites for hydroxylation is 1. The largest absolute Gasteiger partial charge is 0.387 e. The predicted octanol–water partition coefficient (Wildman–Crippen LogP) is 5.66. The number of amidine groups is 1. The fourth-order valence-corrected chi connectivity index (χ4v) is 1.51. The number of hydrogen-bond acceptors (Lipinski definition) is 3. The molecule has 0 saturated carbocycles. The summed E-state index contributed by atoms with van der Waals surface area (Å²) in [7, 11) is 0. The molecule has 1 aromatic heterocycles. The lowest BCUT2D eigenvalue weighted by Crippen LogP contribution is -2.18. The second-order valence-corrected chi connectivity index (χ2v) is 4.30. The van der Waals surface area contributed by atoms with Gasteiger partial charge in [-0.3, -0.25) is 0 Å². The quantitative estimate of drug-likeness (QED) is 0.574. The van der Waals surface area contributed by atoms with Crippen molar-refractivity contribution in [1.29, 1.82) is 0 Å². The van der Waals surface area contributed by atoms with Crippen molar-refractivity contribution in [3.63, 3.8) is 0 Å². The average molecular weight is 319 g/mol. The van der Waals surface area contributed by atoms with E-state index in [4.69, 9.17) is 5.73 Å². The second-order valence-electron chi connectivity index (χ2n) is 4.30. The number of rotatable bonds is 2. The van der Waals surface area contributed by atoms with Crippen LogP contribution in [-0.4, -0.2) is 15.8 Å². The van der Waals surface area contributed by atoms with Crippen molar-refractivity contribution >= 4 is 22.6 Å². The third kappa shape index (κ3) is 7.73. The molecule has 0 amide bonds. The molecule has 0 unspecified atom stereocenters. The number of para-hydroxylation sites is 1. The Labute approximate surface area is 142 Å². The first-order chi connectivity index (χ1) is 11.1. The molecular weight excluding hydrogens is 284 g/mol. The molecule has 0 saturated heterocycles. The number of benzene rings is 1. The Morgan fingerprint density at radius 3 is 2.00 bits per heavy atom. The summed E-state index contributed by atoms with van der Waals surface area (Å²) in [6.45, 7) is 17.9. The van der Waals surface area contributed by atoms with Crippen LogP contribution >= 0.6 is 0 Å². The maximum Gasteiger partial charge on any atom is 0.165 e. The van der Waals surface area contributed by atoms with Crippen LogP contribution in [0.15, 0.2) is 29.3 Å². The maximum atomic E-state index is 5.88. The van der Waals surface area contributed by atoms with Gasteiger partial charge in [0.2, 0.25) is 0 Å². The van der Waals surface area contributed by atoms with E-state index in [-0.39, 0.29) is 5.92 Å². The summed E-state index contributed by atoms with van der Waals surface area (Å²) in [5, 5.41) is 0.932. The molecule has 4 nitrogen and oxygen atoms in total. The molecule has 2 aromatic rings. The number of nitrogens with two attached hydrogens (primary N) is 1. The lowest BCUT2D eigenvalue weighted by Gasteiger charge is -2.06. The van der Waals surface area contributed by atoms with Crippen molar-refractivity contribution in [3.8, 4) is 0 Å². The third-order valence-corrected chi connectivity index (χ3v) is 2.52. The number of aromatic nitrogens is 2. The molecule has 23 heavy (non-hydrogen) atoms. The van der Waals surface area contributed by atoms with Crippen molar-refractivity contribution in [2.45, 2.75) is 62.3 Å². The summed E-state index contributed by atoms with van der Waals surface area (Å²) in [6, 6.07) is 7.81. The summed E-state index contributed by atoms with van der Waals surface area (Å²) in [6.07, 6.45) is 0. The van der Waals surface area contributed by atoms with E-state index in [1.54, 1.807) is 0 Å². The summed E-state index contributed by atoms with van der Waals surface area (Å²) in [5.74, 6) is 2.16. The summed E-state index contributed by atoms with van der Waals surface area (Å²) in [4.78, 5) is 13.1. The van der Waals surface area contributed by atoms with Crippen LogP contribution in [0.3, 0.4) is 0 Å². The fraction of sp³-hybridized carbons (Fsp3) is 0.526. The van der Waals surface area contributed by atoms with Gasteiger partial charge in [0, 0.05) is 11.3 Å². The molecule has 1 heterocycles. The molecule has 0 spiro atoms. The molecule has 0 aliphatic rings. The highest BCUT2D eigenvalue weighted by Crippen LogP contribution is 2.22. The van der Waals surface area contributed by atoms with Gasteiger partial charge in [0.25, 0.3) is 0 Å². The molecule has 0 bridgehead atoms. The second kappa shape index (κ2) is 13.7. The Morgan fingerprint density at radius 2 is 1.48 bits per heavy atom. The highest BCUT2D eigenvalue weighted by Gasteiger charge is 2.06. The number of nitrogens with zero attached hydrogens (tertiary/aromatic N) is 3. The van der Waals surface area contributed by atoms with Crippen LogP contribution in [0.2, 0.25) is 0 Å². The van der Waals surface area contributed by atoms with Crippen LogP contribution in [0, 0.1) is 12.8 Å². The minimum Gasteiger partial charge on any atom is -0.387 e. The van der Waals surface area contributed by atoms with Gasteiger partial charge in [0.15, 0.2) is 5.82 Å². The summed E-state index contributed by atoms with van der Waals surface area (Å²) in [5.41, 5.74) is 6.78. The van der Waals surface area contributed by atoms with E-state index in [0.29, 0.717) is 17.5 Å². The van der Waals surface area contributed by atoms with Crippen molar-refractivity contribution in [3.05, 3.63) is 30.1 Å². The Kier molecular flexibility index (Phi) is 13.9. The monoisotopic (exact) mass is 318 g/mol. The minimum atomic E-state index is 0.212. The smallest absolute Gasteiger partial charge is 0.165 e. The zero-order valence-corrected chi connectivity index (χ0v) is 16.3. The molecule has 2 N–H and O–H groups in total.